The highest BCUT2D eigenvalue weighted by Crippen LogP contribution is 2.22. The second-order valence-electron chi connectivity index (χ2n) is 5.71. The molecule has 0 radical (unpaired) electrons. The van der Waals surface area contributed by atoms with Crippen molar-refractivity contribution >= 4 is 27.6 Å². The molecule has 1 aliphatic rings. The summed E-state index contributed by atoms with van der Waals surface area (Å²) in [6.45, 7) is 3.54. The van der Waals surface area contributed by atoms with Gasteiger partial charge in [-0.15, -0.1) is 0 Å². The normalized spacial score (nSPS) is 18.0. The fourth-order valence-electron chi connectivity index (χ4n) is 2.79. The van der Waals surface area contributed by atoms with Crippen LogP contribution in [0.15, 0.2) is 46.4 Å². The number of rotatable bonds is 5. The molecule has 0 saturated carbocycles. The Hall–Kier alpha value is -2.09. The highest BCUT2D eigenvalue weighted by Gasteiger charge is 2.23. The lowest BCUT2D eigenvalue weighted by Gasteiger charge is -2.20. The van der Waals surface area contributed by atoms with Crippen LogP contribution in [0.2, 0.25) is 0 Å². The lowest BCUT2D eigenvalue weighted by atomic mass is 10.3. The van der Waals surface area contributed by atoms with Gasteiger partial charge in [0.15, 0.2) is 5.96 Å². The molecule has 2 N–H and O–H groups in total. The van der Waals surface area contributed by atoms with Crippen molar-refractivity contribution in [1.82, 2.24) is 25.4 Å². The lowest BCUT2D eigenvalue weighted by Crippen LogP contribution is -2.45. The van der Waals surface area contributed by atoms with Crippen LogP contribution in [0, 0.1) is 0 Å². The first-order valence-electron chi connectivity index (χ1n) is 8.04. The van der Waals surface area contributed by atoms with E-state index in [1.54, 1.807) is 24.4 Å². The van der Waals surface area contributed by atoms with E-state index in [0.29, 0.717) is 6.04 Å². The maximum atomic E-state index is 4.30. The van der Waals surface area contributed by atoms with Crippen LogP contribution in [0.4, 0.5) is 5.69 Å². The van der Waals surface area contributed by atoms with Gasteiger partial charge in [-0.1, -0.05) is 15.9 Å². The summed E-state index contributed by atoms with van der Waals surface area (Å²) < 4.78 is 2.91. The third kappa shape index (κ3) is 4.47. The summed E-state index contributed by atoms with van der Waals surface area (Å²) in [7, 11) is 1.80. The van der Waals surface area contributed by atoms with E-state index in [-0.39, 0.29) is 0 Å². The van der Waals surface area contributed by atoms with Gasteiger partial charge in [0.1, 0.15) is 12.7 Å². The molecule has 7 nitrogen and oxygen atoms in total. The largest absolute Gasteiger partial charge is 0.369 e. The third-order valence-electron chi connectivity index (χ3n) is 4.04. The van der Waals surface area contributed by atoms with Crippen molar-refractivity contribution in [1.29, 1.82) is 0 Å². The summed E-state index contributed by atoms with van der Waals surface area (Å²) >= 11 is 3.48. The highest BCUT2D eigenvalue weighted by atomic mass is 79.9. The van der Waals surface area contributed by atoms with E-state index >= 15 is 0 Å². The Morgan fingerprint density at radius 1 is 1.38 bits per heavy atom. The number of aromatic nitrogens is 3. The van der Waals surface area contributed by atoms with Gasteiger partial charge in [-0.2, -0.15) is 5.10 Å². The molecule has 3 rings (SSSR count). The Bertz CT molecular complexity index is 654. The van der Waals surface area contributed by atoms with E-state index in [1.165, 1.54) is 5.69 Å². The standard InChI is InChI=1S/C16H22BrN7/c1-18-16(20-7-9-24-12-19-11-21-24)22-14-6-8-23(10-14)15-4-2-13(17)3-5-15/h2-5,11-12,14H,6-10H2,1H3,(H2,18,20,22). The second-order valence-corrected chi connectivity index (χ2v) is 6.63. The van der Waals surface area contributed by atoms with Crippen molar-refractivity contribution < 1.29 is 0 Å². The zero-order chi connectivity index (χ0) is 16.8. The predicted molar refractivity (Wildman–Crippen MR) is 99.3 cm³/mol. The van der Waals surface area contributed by atoms with Gasteiger partial charge in [-0.05, 0) is 30.7 Å². The van der Waals surface area contributed by atoms with E-state index < -0.39 is 0 Å². The molecule has 1 aromatic heterocycles. The Labute approximate surface area is 150 Å². The summed E-state index contributed by atoms with van der Waals surface area (Å²) in [5.74, 6) is 0.831. The van der Waals surface area contributed by atoms with Gasteiger partial charge in [-0.25, -0.2) is 4.98 Å². The number of halogens is 1. The average Bonchev–Trinajstić information content (AvgIpc) is 3.26. The first kappa shape index (κ1) is 16.8. The van der Waals surface area contributed by atoms with Crippen LogP contribution in [0.5, 0.6) is 0 Å². The molecule has 2 aromatic rings. The van der Waals surface area contributed by atoms with Crippen LogP contribution in [0.1, 0.15) is 6.42 Å². The Morgan fingerprint density at radius 2 is 2.21 bits per heavy atom. The van der Waals surface area contributed by atoms with Gasteiger partial charge in [-0.3, -0.25) is 9.67 Å². The van der Waals surface area contributed by atoms with E-state index in [4.69, 9.17) is 0 Å². The second kappa shape index (κ2) is 8.14. The van der Waals surface area contributed by atoms with Gasteiger partial charge in [0.2, 0.25) is 0 Å². The van der Waals surface area contributed by atoms with Crippen molar-refractivity contribution in [3.8, 4) is 0 Å². The first-order valence-corrected chi connectivity index (χ1v) is 8.84. The SMILES string of the molecule is CN=C(NCCn1cncn1)NC1CCN(c2ccc(Br)cc2)C1. The zero-order valence-electron chi connectivity index (χ0n) is 13.7. The van der Waals surface area contributed by atoms with Gasteiger partial charge in [0.25, 0.3) is 0 Å². The molecule has 0 spiro atoms. The third-order valence-corrected chi connectivity index (χ3v) is 4.57. The fourth-order valence-corrected chi connectivity index (χ4v) is 3.05. The smallest absolute Gasteiger partial charge is 0.191 e. The number of guanidine groups is 1. The molecule has 1 aromatic carbocycles. The molecule has 1 aliphatic heterocycles. The summed E-state index contributed by atoms with van der Waals surface area (Å²) in [6.07, 6.45) is 4.35. The summed E-state index contributed by atoms with van der Waals surface area (Å²) in [6, 6.07) is 8.86. The van der Waals surface area contributed by atoms with Crippen molar-refractivity contribution in [3.05, 3.63) is 41.4 Å². The van der Waals surface area contributed by atoms with Crippen molar-refractivity contribution in [3.63, 3.8) is 0 Å². The minimum Gasteiger partial charge on any atom is -0.369 e. The first-order chi connectivity index (χ1) is 11.7. The Kier molecular flexibility index (Phi) is 5.68. The summed E-state index contributed by atoms with van der Waals surface area (Å²) in [5, 5.41) is 10.9. The van der Waals surface area contributed by atoms with E-state index in [0.717, 1.165) is 43.0 Å². The van der Waals surface area contributed by atoms with Crippen molar-refractivity contribution in [2.75, 3.05) is 31.6 Å². The predicted octanol–water partition coefficient (Wildman–Crippen LogP) is 1.48. The number of anilines is 1. The maximum absolute atomic E-state index is 4.30. The molecule has 24 heavy (non-hydrogen) atoms. The maximum Gasteiger partial charge on any atom is 0.191 e. The summed E-state index contributed by atoms with van der Waals surface area (Å²) in [4.78, 5) is 10.6. The monoisotopic (exact) mass is 391 g/mol. The van der Waals surface area contributed by atoms with Crippen LogP contribution in [0.25, 0.3) is 0 Å². The van der Waals surface area contributed by atoms with Crippen molar-refractivity contribution in [2.45, 2.75) is 19.0 Å². The molecule has 1 saturated heterocycles. The highest BCUT2D eigenvalue weighted by molar-refractivity contribution is 9.10. The number of hydrogen-bond donors (Lipinski definition) is 2. The molecule has 128 valence electrons. The van der Waals surface area contributed by atoms with E-state index in [2.05, 4.69) is 70.8 Å². The Balaban J connectivity index is 1.45. The molecular weight excluding hydrogens is 370 g/mol. The van der Waals surface area contributed by atoms with Crippen LogP contribution in [-0.4, -0.2) is 53.4 Å². The topological polar surface area (TPSA) is 70.4 Å². The van der Waals surface area contributed by atoms with Gasteiger partial charge in [0, 0.05) is 42.9 Å². The summed E-state index contributed by atoms with van der Waals surface area (Å²) in [5.41, 5.74) is 1.26. The minimum atomic E-state index is 0.395. The molecule has 1 fully saturated rings. The zero-order valence-corrected chi connectivity index (χ0v) is 15.3. The van der Waals surface area contributed by atoms with E-state index in [9.17, 15) is 0 Å². The Morgan fingerprint density at radius 3 is 2.92 bits per heavy atom. The van der Waals surface area contributed by atoms with Gasteiger partial charge in [0.05, 0.1) is 6.54 Å². The number of nitrogens with zero attached hydrogens (tertiary/aromatic N) is 5. The fraction of sp³-hybridized carbons (Fsp3) is 0.438. The van der Waals surface area contributed by atoms with Crippen LogP contribution in [0.3, 0.4) is 0 Å². The van der Waals surface area contributed by atoms with Gasteiger partial charge < -0.3 is 15.5 Å². The van der Waals surface area contributed by atoms with Gasteiger partial charge >= 0.3 is 0 Å². The van der Waals surface area contributed by atoms with E-state index in [1.807, 2.05) is 0 Å². The molecule has 8 heteroatoms. The molecule has 0 bridgehead atoms. The van der Waals surface area contributed by atoms with Crippen LogP contribution < -0.4 is 15.5 Å². The molecule has 0 aliphatic carbocycles. The van der Waals surface area contributed by atoms with Crippen molar-refractivity contribution in [2.24, 2.45) is 4.99 Å². The molecular formula is C16H22BrN7. The van der Waals surface area contributed by atoms with Crippen LogP contribution >= 0.6 is 15.9 Å². The minimum absolute atomic E-state index is 0.395. The average molecular weight is 392 g/mol. The number of hydrogen-bond acceptors (Lipinski definition) is 4. The molecule has 1 atom stereocenters. The number of benzene rings is 1. The molecule has 2 heterocycles. The van der Waals surface area contributed by atoms with Crippen LogP contribution in [-0.2, 0) is 6.54 Å². The quantitative estimate of drug-likeness (QED) is 0.596. The molecule has 1 unspecified atom stereocenters. The number of nitrogens with one attached hydrogen (secondary N) is 2. The number of aliphatic imine (C=N–C) groups is 1. The lowest BCUT2D eigenvalue weighted by molar-refractivity contribution is 0.586. The molecule has 0 amide bonds.